The summed E-state index contributed by atoms with van der Waals surface area (Å²) in [6.07, 6.45) is 0. The molecule has 4 aliphatic heterocycles. The van der Waals surface area contributed by atoms with Crippen LogP contribution in [0.4, 0.5) is 34.1 Å². The van der Waals surface area contributed by atoms with Gasteiger partial charge in [-0.3, -0.25) is 0 Å². The normalized spacial score (nSPS) is 13.6. The highest BCUT2D eigenvalue weighted by Crippen LogP contribution is 2.54. The molecule has 0 unspecified atom stereocenters. The molecule has 0 amide bonds. The van der Waals surface area contributed by atoms with Crippen LogP contribution in [-0.2, 0) is 0 Å². The zero-order valence-corrected chi connectivity index (χ0v) is 42.5. The first-order chi connectivity index (χ1) is 35.0. The molecule has 0 atom stereocenters. The molecule has 0 spiro atoms. The van der Waals surface area contributed by atoms with Crippen LogP contribution in [0.15, 0.2) is 182 Å². The number of benzene rings is 9. The van der Waals surface area contributed by atoms with E-state index in [2.05, 4.69) is 247 Å². The van der Waals surface area contributed by atoms with E-state index in [0.717, 1.165) is 90.1 Å². The molecule has 4 heterocycles. The molecule has 0 radical (unpaired) electrons. The highest BCUT2D eigenvalue weighted by atomic mass is 16.5. The van der Waals surface area contributed by atoms with Crippen LogP contribution in [0.2, 0.25) is 0 Å². The Morgan fingerprint density at radius 1 is 0.333 bits per heavy atom. The highest BCUT2D eigenvalue weighted by molar-refractivity contribution is 7.02. The molecule has 0 N–H and O–H groups in total. The molecule has 0 aliphatic carbocycles. The minimum absolute atomic E-state index is 0.178. The third kappa shape index (κ3) is 6.89. The van der Waals surface area contributed by atoms with Crippen LogP contribution in [0.5, 0.6) is 23.0 Å². The van der Waals surface area contributed by atoms with Gasteiger partial charge < -0.3 is 19.3 Å². The number of anilines is 6. The molecule has 4 aliphatic rings. The maximum atomic E-state index is 7.76. The van der Waals surface area contributed by atoms with Crippen LogP contribution in [0.25, 0.3) is 22.3 Å². The zero-order valence-electron chi connectivity index (χ0n) is 42.5. The molecule has 4 nitrogen and oxygen atoms in total. The Morgan fingerprint density at radius 3 is 1.06 bits per heavy atom. The summed E-state index contributed by atoms with van der Waals surface area (Å²) in [5.41, 5.74) is 23.5. The molecule has 0 saturated carbocycles. The van der Waals surface area contributed by atoms with Crippen molar-refractivity contribution in [2.75, 3.05) is 9.80 Å². The monoisotopic (exact) mass is 932 g/mol. The molecule has 72 heavy (non-hydrogen) atoms. The predicted molar refractivity (Wildman–Crippen MR) is 305 cm³/mol. The fourth-order valence-corrected chi connectivity index (χ4v) is 12.0. The fraction of sp³-hybridized carbons (Fsp3) is 0.182. The SMILES string of the molecule is CC(C)c1ccc(N2c3ccc(C(C)C)cc3B3c4cc(-c5ccccc5)ccc4Oc4c3c2c2c3c4N(c4ccc(C(C)C)cc4)c4ccc(C(C)C)cc4B3c3cc(-c4ccccc4)ccc3O2)cc1. The van der Waals surface area contributed by atoms with E-state index < -0.39 is 0 Å². The highest BCUT2D eigenvalue weighted by Gasteiger charge is 2.52. The maximum Gasteiger partial charge on any atom is 0.256 e. The van der Waals surface area contributed by atoms with E-state index in [1.54, 1.807) is 0 Å². The second-order valence-electron chi connectivity index (χ2n) is 21.6. The van der Waals surface area contributed by atoms with Gasteiger partial charge in [0.25, 0.3) is 13.4 Å². The fourth-order valence-electron chi connectivity index (χ4n) is 12.0. The van der Waals surface area contributed by atoms with Crippen molar-refractivity contribution in [2.45, 2.75) is 79.1 Å². The van der Waals surface area contributed by atoms with Crippen LogP contribution in [0, 0.1) is 0 Å². The van der Waals surface area contributed by atoms with Crippen LogP contribution in [0.1, 0.15) is 101 Å². The maximum absolute atomic E-state index is 7.76. The average Bonchev–Trinajstić information content (AvgIpc) is 3.41. The zero-order chi connectivity index (χ0) is 49.1. The lowest BCUT2D eigenvalue weighted by atomic mass is 9.31. The molecule has 6 heteroatoms. The van der Waals surface area contributed by atoms with Crippen molar-refractivity contribution < 1.29 is 9.47 Å². The summed E-state index contributed by atoms with van der Waals surface area (Å²) in [5, 5.41) is 0. The number of hydrogen-bond donors (Lipinski definition) is 0. The van der Waals surface area contributed by atoms with Gasteiger partial charge in [0.2, 0.25) is 0 Å². The second-order valence-corrected chi connectivity index (χ2v) is 21.6. The summed E-state index contributed by atoms with van der Waals surface area (Å²) >= 11 is 0. The van der Waals surface area contributed by atoms with E-state index in [9.17, 15) is 0 Å². The van der Waals surface area contributed by atoms with E-state index in [0.29, 0.717) is 23.7 Å². The first-order valence-corrected chi connectivity index (χ1v) is 26.1. The molecular weight excluding hydrogens is 874 g/mol. The summed E-state index contributed by atoms with van der Waals surface area (Å²) in [6.45, 7) is 17.9. The molecule has 9 aromatic carbocycles. The summed E-state index contributed by atoms with van der Waals surface area (Å²) in [6, 6.07) is 68.1. The van der Waals surface area contributed by atoms with Gasteiger partial charge in [-0.15, -0.1) is 0 Å². The Labute approximate surface area is 426 Å². The molecule has 0 aromatic heterocycles. The van der Waals surface area contributed by atoms with Gasteiger partial charge in [-0.1, -0.05) is 189 Å². The first kappa shape index (κ1) is 44.3. The molecule has 9 aromatic rings. The van der Waals surface area contributed by atoms with Crippen molar-refractivity contribution in [3.8, 4) is 45.3 Å². The van der Waals surface area contributed by atoms with Crippen molar-refractivity contribution in [1.29, 1.82) is 0 Å². The van der Waals surface area contributed by atoms with Gasteiger partial charge in [0.05, 0.1) is 11.4 Å². The summed E-state index contributed by atoms with van der Waals surface area (Å²) in [7, 11) is 0. The van der Waals surface area contributed by atoms with Crippen molar-refractivity contribution in [2.24, 2.45) is 0 Å². The Balaban J connectivity index is 1.19. The van der Waals surface area contributed by atoms with Gasteiger partial charge in [-0.25, -0.2) is 0 Å². The largest absolute Gasteiger partial charge is 0.456 e. The summed E-state index contributed by atoms with van der Waals surface area (Å²) < 4.78 is 15.5. The Kier molecular flexibility index (Phi) is 10.4. The molecule has 0 fully saturated rings. The minimum Gasteiger partial charge on any atom is -0.456 e. The number of hydrogen-bond acceptors (Lipinski definition) is 4. The molecule has 0 saturated heterocycles. The van der Waals surface area contributed by atoms with Gasteiger partial charge in [0.15, 0.2) is 0 Å². The van der Waals surface area contributed by atoms with Crippen LogP contribution in [-0.4, -0.2) is 13.4 Å². The van der Waals surface area contributed by atoms with Gasteiger partial charge in [-0.05, 0) is 139 Å². The molecule has 13 rings (SSSR count). The third-order valence-electron chi connectivity index (χ3n) is 15.9. The van der Waals surface area contributed by atoms with Crippen molar-refractivity contribution in [1.82, 2.24) is 0 Å². The summed E-state index contributed by atoms with van der Waals surface area (Å²) in [5.74, 6) is 4.94. The standard InChI is InChI=1S/C66H58B2N2O2/c1-39(2)43-19-27-51(28-20-43)69-57-31-23-47(41(5)6)35-53(57)67-55-37-49(45-15-11-9-12-16-45)26-34-60(55)72-66-61(67)63(69)65-62-64(66)70(52-29-21-44(22-30-52)40(3)4)58-32-24-48(42(7)8)36-54(58)68(62)56-38-50(25-33-59(56)71-65)46-17-13-10-14-18-46/h9-42H,1-8H3. The molecular formula is C66H58B2N2O2. The minimum atomic E-state index is -0.178. The first-order valence-electron chi connectivity index (χ1n) is 26.1. The van der Waals surface area contributed by atoms with E-state index in [1.165, 1.54) is 44.3 Å². The smallest absolute Gasteiger partial charge is 0.256 e. The number of rotatable bonds is 8. The van der Waals surface area contributed by atoms with E-state index in [4.69, 9.17) is 9.47 Å². The molecule has 350 valence electrons. The number of nitrogens with zero attached hydrogens (tertiary/aromatic N) is 2. The Bertz CT molecular complexity index is 3360. The predicted octanol–water partition coefficient (Wildman–Crippen LogP) is 14.3. The van der Waals surface area contributed by atoms with E-state index >= 15 is 0 Å². The lowest BCUT2D eigenvalue weighted by Gasteiger charge is -2.47. The van der Waals surface area contributed by atoms with Crippen LogP contribution >= 0.6 is 0 Å². The van der Waals surface area contributed by atoms with Gasteiger partial charge >= 0.3 is 0 Å². The number of ether oxygens (including phenoxy) is 2. The van der Waals surface area contributed by atoms with Crippen LogP contribution < -0.4 is 52.1 Å². The van der Waals surface area contributed by atoms with Crippen LogP contribution in [0.3, 0.4) is 0 Å². The second kappa shape index (κ2) is 17.0. The van der Waals surface area contributed by atoms with Crippen molar-refractivity contribution in [3.05, 3.63) is 204 Å². The van der Waals surface area contributed by atoms with Gasteiger partial charge in [-0.2, -0.15) is 0 Å². The van der Waals surface area contributed by atoms with Crippen molar-refractivity contribution in [3.63, 3.8) is 0 Å². The average molecular weight is 933 g/mol. The topological polar surface area (TPSA) is 24.9 Å². The third-order valence-corrected chi connectivity index (χ3v) is 15.9. The van der Waals surface area contributed by atoms with Gasteiger partial charge in [0, 0.05) is 33.7 Å². The number of fused-ring (bicyclic) bond motifs is 10. The van der Waals surface area contributed by atoms with E-state index in [-0.39, 0.29) is 13.4 Å². The lowest BCUT2D eigenvalue weighted by Crippen LogP contribution is -2.64. The quantitative estimate of drug-likeness (QED) is 0.142. The van der Waals surface area contributed by atoms with E-state index in [1.807, 2.05) is 0 Å². The van der Waals surface area contributed by atoms with Crippen molar-refractivity contribution >= 4 is 80.3 Å². The summed E-state index contributed by atoms with van der Waals surface area (Å²) in [4.78, 5) is 5.01. The lowest BCUT2D eigenvalue weighted by molar-refractivity contribution is 0.477. The Morgan fingerprint density at radius 2 is 0.694 bits per heavy atom. The van der Waals surface area contributed by atoms with Gasteiger partial charge in [0.1, 0.15) is 23.0 Å². The molecule has 0 bridgehead atoms. The Hall–Kier alpha value is -7.69.